The molecule has 0 spiro atoms. The Hall–Kier alpha value is -1.16. The van der Waals surface area contributed by atoms with Gasteiger partial charge in [-0.15, -0.1) is 0 Å². The van der Waals surface area contributed by atoms with Crippen molar-refractivity contribution in [1.82, 2.24) is 0 Å². The van der Waals surface area contributed by atoms with Gasteiger partial charge in [0, 0.05) is 7.11 Å². The van der Waals surface area contributed by atoms with Gasteiger partial charge in [0.25, 0.3) is 0 Å². The van der Waals surface area contributed by atoms with Crippen molar-refractivity contribution in [2.75, 3.05) is 40.1 Å². The van der Waals surface area contributed by atoms with Crippen molar-refractivity contribution >= 4 is 0 Å². The van der Waals surface area contributed by atoms with Crippen LogP contribution in [0.3, 0.4) is 0 Å². The van der Waals surface area contributed by atoms with E-state index in [1.54, 1.807) is 0 Å². The van der Waals surface area contributed by atoms with E-state index in [0.29, 0.717) is 0 Å². The zero-order valence-corrected chi connectivity index (χ0v) is 34.8. The van der Waals surface area contributed by atoms with Crippen LogP contribution in [0.4, 0.5) is 0 Å². The number of hydrogen-bond acceptors (Lipinski definition) is 29. The molecule has 17 N–H and O–H groups in total. The van der Waals surface area contributed by atoms with Crippen molar-refractivity contribution in [3.05, 3.63) is 0 Å². The highest BCUT2D eigenvalue weighted by molar-refractivity contribution is 4.98. The van der Waals surface area contributed by atoms with Gasteiger partial charge in [-0.3, -0.25) is 0 Å². The first-order chi connectivity index (χ1) is 30.8. The second-order valence-corrected chi connectivity index (χ2v) is 16.5. The summed E-state index contributed by atoms with van der Waals surface area (Å²) in [6.07, 6.45) is -50.5. The molecule has 0 amide bonds. The molecule has 380 valence electrons. The predicted octanol–water partition coefficient (Wildman–Crippen LogP) is -11.8. The maximum Gasteiger partial charge on any atom is 0.187 e. The molecular weight excluding hydrogens is 896 g/mol. The fourth-order valence-corrected chi connectivity index (χ4v) is 8.41. The molecule has 0 saturated carbocycles. The monoisotopic (exact) mass is 958 g/mol. The van der Waals surface area contributed by atoms with Crippen molar-refractivity contribution in [1.29, 1.82) is 0 Å². The molecule has 6 rings (SSSR count). The Morgan fingerprint density at radius 1 is 0.369 bits per heavy atom. The third kappa shape index (κ3) is 10.9. The van der Waals surface area contributed by atoms with E-state index < -0.39 is 211 Å². The summed E-state index contributed by atoms with van der Waals surface area (Å²) in [6, 6.07) is 0. The first-order valence-electron chi connectivity index (χ1n) is 20.8. The number of aliphatic hydroxyl groups is 17. The van der Waals surface area contributed by atoms with E-state index in [2.05, 4.69) is 0 Å². The second-order valence-electron chi connectivity index (χ2n) is 16.5. The second kappa shape index (κ2) is 22.7. The van der Waals surface area contributed by atoms with Crippen molar-refractivity contribution in [2.45, 2.75) is 185 Å². The third-order valence-corrected chi connectivity index (χ3v) is 12.3. The fraction of sp³-hybridized carbons (Fsp3) is 1.00. The van der Waals surface area contributed by atoms with Crippen LogP contribution in [0.2, 0.25) is 0 Å². The van der Waals surface area contributed by atoms with E-state index in [-0.39, 0.29) is 0 Å². The van der Waals surface area contributed by atoms with E-state index in [9.17, 15) is 86.8 Å². The summed E-state index contributed by atoms with van der Waals surface area (Å²) in [5.41, 5.74) is 0. The molecule has 29 nitrogen and oxygen atoms in total. The molecule has 0 bridgehead atoms. The van der Waals surface area contributed by atoms with E-state index in [1.807, 2.05) is 0 Å². The first-order valence-corrected chi connectivity index (χ1v) is 20.8. The lowest BCUT2D eigenvalue weighted by Crippen LogP contribution is -2.67. The molecule has 29 heteroatoms. The summed E-state index contributed by atoms with van der Waals surface area (Å²) < 4.78 is 66.4. The minimum absolute atomic E-state index is 0.608. The summed E-state index contributed by atoms with van der Waals surface area (Å²) in [6.45, 7) is -2.62. The number of ether oxygens (including phenoxy) is 12. The van der Waals surface area contributed by atoms with Gasteiger partial charge in [-0.1, -0.05) is 0 Å². The minimum Gasteiger partial charge on any atom is -0.394 e. The van der Waals surface area contributed by atoms with Gasteiger partial charge in [0.1, 0.15) is 134 Å². The van der Waals surface area contributed by atoms with Gasteiger partial charge >= 0.3 is 0 Å². The van der Waals surface area contributed by atoms with Crippen molar-refractivity contribution < 1.29 is 144 Å². The predicted molar refractivity (Wildman–Crippen MR) is 197 cm³/mol. The lowest BCUT2D eigenvalue weighted by molar-refractivity contribution is -0.392. The largest absolute Gasteiger partial charge is 0.394 e. The Balaban J connectivity index is 1.09. The van der Waals surface area contributed by atoms with E-state index >= 15 is 0 Å². The highest BCUT2D eigenvalue weighted by Crippen LogP contribution is 2.36. The molecule has 29 atom stereocenters. The molecule has 0 aromatic heterocycles. The normalized spacial score (nSPS) is 53.5. The van der Waals surface area contributed by atoms with Crippen LogP contribution in [0.1, 0.15) is 6.92 Å². The quantitative estimate of drug-likeness (QED) is 0.0724. The van der Waals surface area contributed by atoms with Crippen LogP contribution in [-0.4, -0.2) is 305 Å². The van der Waals surface area contributed by atoms with E-state index in [0.717, 1.165) is 7.11 Å². The maximum atomic E-state index is 11.3. The number of aliphatic hydroxyl groups excluding tert-OH is 17. The molecule has 0 aromatic rings. The standard InChI is InChI=1S/C36H62O29/c1-8-26(62-36-25(52)29(17(44)12(6-40)60-36)64-35-23(50)27(54-2)15(42)10(4-38)59-35)20(47)22(49)32(56-8)65-30-18(45)13(7-55-31(30)53)61-34-24(51)28(16(43)11(5-39)58-34)63-33-21(48)19(46)14(41)9(3-37)57-33/h8-53H,3-7H2,1-2H3/t8-,9-,10-,11-,12-,13-,14-,15-,16-,17-,18+,19+,20-,21-,22-,23-,24-,25-,26-,27+,28+,29+,30-,31-,32+,33+,34+,35+,36+/m1/s1. The zero-order chi connectivity index (χ0) is 47.8. The maximum absolute atomic E-state index is 11.3. The Bertz CT molecular complexity index is 1460. The third-order valence-electron chi connectivity index (χ3n) is 12.3. The lowest BCUT2D eigenvalue weighted by atomic mass is 9.96. The molecule has 0 radical (unpaired) electrons. The highest BCUT2D eigenvalue weighted by atomic mass is 16.8. The van der Waals surface area contributed by atoms with Crippen molar-refractivity contribution in [2.24, 2.45) is 0 Å². The Labute approximate surface area is 368 Å². The lowest BCUT2D eigenvalue weighted by Gasteiger charge is -2.49. The fourth-order valence-electron chi connectivity index (χ4n) is 8.41. The summed E-state index contributed by atoms with van der Waals surface area (Å²) in [7, 11) is 1.16. The smallest absolute Gasteiger partial charge is 0.187 e. The average Bonchev–Trinajstić information content (AvgIpc) is 3.28. The number of rotatable bonds is 15. The van der Waals surface area contributed by atoms with Gasteiger partial charge in [-0.25, -0.2) is 0 Å². The molecule has 65 heavy (non-hydrogen) atoms. The van der Waals surface area contributed by atoms with E-state index in [4.69, 9.17) is 56.8 Å². The van der Waals surface area contributed by atoms with Gasteiger partial charge < -0.3 is 144 Å². The van der Waals surface area contributed by atoms with Gasteiger partial charge in [0.05, 0.1) is 39.1 Å². The van der Waals surface area contributed by atoms with E-state index in [1.165, 1.54) is 6.92 Å². The first kappa shape index (κ1) is 53.2. The van der Waals surface area contributed by atoms with Crippen molar-refractivity contribution in [3.8, 4) is 0 Å². The summed E-state index contributed by atoms with van der Waals surface area (Å²) >= 11 is 0. The molecular formula is C36H62O29. The molecule has 0 aliphatic carbocycles. The average molecular weight is 959 g/mol. The molecule has 0 aromatic carbocycles. The minimum atomic E-state index is -2.06. The molecule has 0 unspecified atom stereocenters. The summed E-state index contributed by atoms with van der Waals surface area (Å²) in [5, 5.41) is 180. The Kier molecular flexibility index (Phi) is 18.6. The van der Waals surface area contributed by atoms with Crippen LogP contribution < -0.4 is 0 Å². The van der Waals surface area contributed by atoms with Crippen LogP contribution in [-0.2, 0) is 56.8 Å². The highest BCUT2D eigenvalue weighted by Gasteiger charge is 2.56. The Morgan fingerprint density at radius 2 is 0.738 bits per heavy atom. The number of hydrogen-bond donors (Lipinski definition) is 17. The van der Waals surface area contributed by atoms with Crippen molar-refractivity contribution in [3.63, 3.8) is 0 Å². The van der Waals surface area contributed by atoms with Crippen LogP contribution >= 0.6 is 0 Å². The van der Waals surface area contributed by atoms with Crippen LogP contribution in [0, 0.1) is 0 Å². The van der Waals surface area contributed by atoms with Crippen LogP contribution in [0.5, 0.6) is 0 Å². The molecule has 6 fully saturated rings. The van der Waals surface area contributed by atoms with Gasteiger partial charge in [-0.2, -0.15) is 0 Å². The van der Waals surface area contributed by atoms with Gasteiger partial charge in [0.15, 0.2) is 37.7 Å². The number of methoxy groups -OCH3 is 1. The zero-order valence-electron chi connectivity index (χ0n) is 34.8. The Morgan fingerprint density at radius 3 is 1.22 bits per heavy atom. The molecule has 6 heterocycles. The van der Waals surface area contributed by atoms with Crippen LogP contribution in [0.25, 0.3) is 0 Å². The summed E-state index contributed by atoms with van der Waals surface area (Å²) in [4.78, 5) is 0. The summed E-state index contributed by atoms with van der Waals surface area (Å²) in [5.74, 6) is 0. The van der Waals surface area contributed by atoms with Gasteiger partial charge in [0.2, 0.25) is 0 Å². The molecule has 6 aliphatic rings. The van der Waals surface area contributed by atoms with Crippen LogP contribution in [0.15, 0.2) is 0 Å². The molecule has 6 aliphatic heterocycles. The van der Waals surface area contributed by atoms with Gasteiger partial charge in [-0.05, 0) is 6.92 Å². The SMILES string of the molecule is CO[C@@H]1[C@@H](O)[C@H](O[C@@H]2[C@@H](O)[C@H](O[C@H]3[C@H](O)[C@@H](O)[C@H](O[C@@H]4[C@@H](O)[C@H](O[C@@H]5O[C@H](CO)[C@@H](O)[C@H](O[C@@H]6O[C@H](CO)[C@@H](O)[C@H](O)[C@H]6O)[C@H]5O)CO[C@H]4O)O[C@@H]3C)O[C@H](CO)[C@H]2O)O[C@H](CO)[C@H]1O. The topological polar surface area (TPSA) is 455 Å². The molecule has 6 saturated heterocycles.